The van der Waals surface area contributed by atoms with Crippen molar-refractivity contribution in [1.82, 2.24) is 25.3 Å². The summed E-state index contributed by atoms with van der Waals surface area (Å²) in [6.45, 7) is 18.3. The van der Waals surface area contributed by atoms with Gasteiger partial charge < -0.3 is 39.8 Å². The zero-order valence-corrected chi connectivity index (χ0v) is 40.6. The van der Waals surface area contributed by atoms with Crippen molar-refractivity contribution in [2.45, 2.75) is 137 Å². The van der Waals surface area contributed by atoms with Gasteiger partial charge in [-0.25, -0.2) is 4.79 Å². The van der Waals surface area contributed by atoms with Crippen LogP contribution in [0.2, 0.25) is 0 Å². The molecule has 2 aromatic carbocycles. The van der Waals surface area contributed by atoms with Crippen LogP contribution < -0.4 is 10.6 Å². The highest BCUT2D eigenvalue weighted by Crippen LogP contribution is 2.26. The molecule has 0 heterocycles. The summed E-state index contributed by atoms with van der Waals surface area (Å²) in [5.74, 6) is -2.65. The number of likely N-dealkylation sites (N-methyl/N-ethyl adjacent to an activating group) is 2. The van der Waals surface area contributed by atoms with Gasteiger partial charge in [0, 0.05) is 40.8 Å². The fraction of sp³-hybridized carbons (Fsp3) is 0.653. The highest BCUT2D eigenvalue weighted by molar-refractivity contribution is 5.90. The Balaban J connectivity index is 2.32. The number of aromatic hydroxyl groups is 1. The van der Waals surface area contributed by atoms with Gasteiger partial charge >= 0.3 is 5.97 Å². The van der Waals surface area contributed by atoms with Crippen LogP contribution in [0, 0.1) is 23.7 Å². The van der Waals surface area contributed by atoms with Gasteiger partial charge in [-0.2, -0.15) is 0 Å². The number of nitrogens with zero attached hydrogens (tertiary/aromatic N) is 3. The van der Waals surface area contributed by atoms with Crippen LogP contribution >= 0.6 is 0 Å². The van der Waals surface area contributed by atoms with E-state index in [9.17, 15) is 29.1 Å². The summed E-state index contributed by atoms with van der Waals surface area (Å²) >= 11 is 0. The number of phenolic OH excluding ortho intramolecular Hbond substituents is 1. The van der Waals surface area contributed by atoms with Crippen molar-refractivity contribution in [1.29, 1.82) is 0 Å². The minimum absolute atomic E-state index is 0.0489. The maximum atomic E-state index is 14.6. The zero-order valence-electron chi connectivity index (χ0n) is 40.6. The molecule has 0 spiro atoms. The van der Waals surface area contributed by atoms with Crippen LogP contribution in [0.15, 0.2) is 54.6 Å². The van der Waals surface area contributed by atoms with Gasteiger partial charge in [-0.3, -0.25) is 24.1 Å². The topological polar surface area (TPSA) is 167 Å². The van der Waals surface area contributed by atoms with E-state index in [1.807, 2.05) is 110 Å². The maximum absolute atomic E-state index is 14.6. The minimum Gasteiger partial charge on any atom is -0.508 e. The van der Waals surface area contributed by atoms with Crippen molar-refractivity contribution < 1.29 is 43.3 Å². The molecule has 0 aliphatic heterocycles. The van der Waals surface area contributed by atoms with Gasteiger partial charge in [0.1, 0.15) is 17.8 Å². The number of benzene rings is 2. The highest BCUT2D eigenvalue weighted by atomic mass is 16.5. The molecule has 0 saturated carbocycles. The number of hydrogen-bond donors (Lipinski definition) is 3. The molecular formula is C49H79N5O9. The molecule has 9 atom stereocenters. The van der Waals surface area contributed by atoms with E-state index in [-0.39, 0.29) is 54.1 Å². The quantitative estimate of drug-likeness (QED) is 0.0978. The standard InChI is InChI=1S/C49H79N5O9/c1-15-27-54(35(9)45(62-13)34(8)46(57)50-39(49(60)63-14)29-37-20-18-17-19-21-37)41(56)30-40(61-12)44(33(7)16-2)53(11)48(59)42(31(3)4)51-47(58)43(32(5)6)52(10)28-26-36-22-24-38(55)25-23-36/h17-25,31-35,39-40,42-45,55H,15-16,26-30H2,1-14H3,(H,50,57)(H,51,58)/t33-,34+,35-,39-,40+,42?,43-,44-,45+/m0/s1. The third-order valence-corrected chi connectivity index (χ3v) is 12.4. The Morgan fingerprint density at radius 2 is 1.37 bits per heavy atom. The largest absolute Gasteiger partial charge is 0.508 e. The van der Waals surface area contributed by atoms with Gasteiger partial charge in [0.05, 0.1) is 49.8 Å². The normalized spacial score (nSPS) is 16.0. The van der Waals surface area contributed by atoms with Crippen molar-refractivity contribution in [3.05, 3.63) is 65.7 Å². The summed E-state index contributed by atoms with van der Waals surface area (Å²) in [6, 6.07) is 13.0. The summed E-state index contributed by atoms with van der Waals surface area (Å²) in [4.78, 5) is 75.0. The predicted molar refractivity (Wildman–Crippen MR) is 247 cm³/mol. The van der Waals surface area contributed by atoms with Gasteiger partial charge in [-0.05, 0) is 67.8 Å². The lowest BCUT2D eigenvalue weighted by atomic mass is 9.89. The summed E-state index contributed by atoms with van der Waals surface area (Å²) < 4.78 is 17.0. The lowest BCUT2D eigenvalue weighted by Gasteiger charge is -2.41. The van der Waals surface area contributed by atoms with Gasteiger partial charge in [-0.15, -0.1) is 0 Å². The van der Waals surface area contributed by atoms with Gasteiger partial charge in [0.15, 0.2) is 0 Å². The second-order valence-electron chi connectivity index (χ2n) is 17.7. The molecule has 0 aliphatic carbocycles. The maximum Gasteiger partial charge on any atom is 0.328 e. The van der Waals surface area contributed by atoms with E-state index >= 15 is 0 Å². The smallest absolute Gasteiger partial charge is 0.328 e. The molecule has 63 heavy (non-hydrogen) atoms. The second-order valence-corrected chi connectivity index (χ2v) is 17.7. The Labute approximate surface area is 377 Å². The molecular weight excluding hydrogens is 803 g/mol. The number of carbonyl (C=O) groups excluding carboxylic acids is 5. The minimum atomic E-state index is -0.919. The van der Waals surface area contributed by atoms with E-state index in [0.29, 0.717) is 32.4 Å². The number of methoxy groups -OCH3 is 3. The molecule has 2 rings (SSSR count). The molecule has 354 valence electrons. The molecule has 14 heteroatoms. The fourth-order valence-corrected chi connectivity index (χ4v) is 8.54. The Kier molecular flexibility index (Phi) is 23.4. The molecule has 3 N–H and O–H groups in total. The number of phenols is 1. The SMILES string of the molecule is CCCN(C(=O)C[C@@H](OC)[C@H]([C@@H](C)CC)N(C)C(=O)C(NC(=O)[C@H](C(C)C)N(C)CCc1ccc(O)cc1)C(C)C)[C@@H](C)[C@H](OC)[C@@H](C)C(=O)N[C@@H](Cc1ccccc1)C(=O)OC. The lowest BCUT2D eigenvalue weighted by molar-refractivity contribution is -0.149. The third-order valence-electron chi connectivity index (χ3n) is 12.4. The first-order valence-corrected chi connectivity index (χ1v) is 22.6. The van der Waals surface area contributed by atoms with E-state index in [4.69, 9.17) is 14.2 Å². The monoisotopic (exact) mass is 882 g/mol. The summed E-state index contributed by atoms with van der Waals surface area (Å²) in [5.41, 5.74) is 1.90. The Bertz CT molecular complexity index is 1710. The number of amides is 4. The lowest BCUT2D eigenvalue weighted by Crippen LogP contribution is -2.60. The molecule has 0 fully saturated rings. The van der Waals surface area contributed by atoms with Crippen molar-refractivity contribution >= 4 is 29.6 Å². The first-order valence-electron chi connectivity index (χ1n) is 22.6. The molecule has 0 aromatic heterocycles. The first kappa shape index (κ1) is 54.6. The molecule has 0 saturated heterocycles. The highest BCUT2D eigenvalue weighted by Gasteiger charge is 2.41. The predicted octanol–water partition coefficient (Wildman–Crippen LogP) is 5.49. The summed E-state index contributed by atoms with van der Waals surface area (Å²) in [7, 11) is 7.95. The number of carbonyl (C=O) groups is 5. The van der Waals surface area contributed by atoms with E-state index in [1.165, 1.54) is 14.2 Å². The van der Waals surface area contributed by atoms with Crippen LogP contribution in [0.3, 0.4) is 0 Å². The Hall–Kier alpha value is -4.53. The van der Waals surface area contributed by atoms with Gasteiger partial charge in [0.2, 0.25) is 23.6 Å². The average Bonchev–Trinajstić information content (AvgIpc) is 3.25. The zero-order chi connectivity index (χ0) is 47.6. The summed E-state index contributed by atoms with van der Waals surface area (Å²) in [6.07, 6.45) is 0.771. The van der Waals surface area contributed by atoms with Gasteiger partial charge in [-0.1, -0.05) is 104 Å². The molecule has 0 radical (unpaired) electrons. The van der Waals surface area contributed by atoms with E-state index in [1.54, 1.807) is 43.0 Å². The van der Waals surface area contributed by atoms with Crippen molar-refractivity contribution in [3.8, 4) is 5.75 Å². The number of nitrogens with one attached hydrogen (secondary N) is 2. The Morgan fingerprint density at radius 1 is 0.746 bits per heavy atom. The number of esters is 1. The molecule has 0 bridgehead atoms. The average molecular weight is 882 g/mol. The number of hydrogen-bond acceptors (Lipinski definition) is 10. The summed E-state index contributed by atoms with van der Waals surface area (Å²) in [5, 5.41) is 15.6. The molecule has 14 nitrogen and oxygen atoms in total. The number of rotatable bonds is 27. The molecule has 1 unspecified atom stereocenters. The third kappa shape index (κ3) is 15.9. The van der Waals surface area contributed by atoms with Crippen LogP contribution in [0.25, 0.3) is 0 Å². The van der Waals surface area contributed by atoms with E-state index in [2.05, 4.69) is 10.6 Å². The van der Waals surface area contributed by atoms with Crippen LogP contribution in [-0.4, -0.2) is 140 Å². The van der Waals surface area contributed by atoms with Crippen molar-refractivity contribution in [2.75, 3.05) is 48.5 Å². The van der Waals surface area contributed by atoms with E-state index in [0.717, 1.165) is 11.1 Å². The van der Waals surface area contributed by atoms with Crippen LogP contribution in [0.4, 0.5) is 0 Å². The van der Waals surface area contributed by atoms with Gasteiger partial charge in [0.25, 0.3) is 0 Å². The second kappa shape index (κ2) is 26.9. The van der Waals surface area contributed by atoms with Crippen LogP contribution in [0.1, 0.15) is 92.7 Å². The van der Waals surface area contributed by atoms with Crippen molar-refractivity contribution in [3.63, 3.8) is 0 Å². The first-order chi connectivity index (χ1) is 29.8. The van der Waals surface area contributed by atoms with Crippen molar-refractivity contribution in [2.24, 2.45) is 23.7 Å². The van der Waals surface area contributed by atoms with E-state index < -0.39 is 60.2 Å². The Morgan fingerprint density at radius 3 is 1.87 bits per heavy atom. The molecule has 4 amide bonds. The fourth-order valence-electron chi connectivity index (χ4n) is 8.54. The van der Waals surface area contributed by atoms with Crippen LogP contribution in [0.5, 0.6) is 5.75 Å². The number of ether oxygens (including phenoxy) is 3. The molecule has 2 aromatic rings. The molecule has 0 aliphatic rings. The van der Waals surface area contributed by atoms with Crippen LogP contribution in [-0.2, 0) is 51.0 Å².